The van der Waals surface area contributed by atoms with E-state index in [0.29, 0.717) is 12.8 Å². The summed E-state index contributed by atoms with van der Waals surface area (Å²) in [6, 6.07) is -0.809. The molecule has 4 N–H and O–H groups in total. The number of carbonyl (C=O) groups excluding carboxylic acids is 1. The molecule has 5 nitrogen and oxygen atoms in total. The molecule has 0 bridgehead atoms. The lowest BCUT2D eigenvalue weighted by Gasteiger charge is -2.26. The highest BCUT2D eigenvalue weighted by atomic mass is 16.3. The zero-order valence-electron chi connectivity index (χ0n) is 43.0. The van der Waals surface area contributed by atoms with Crippen molar-refractivity contribution in [2.45, 2.75) is 347 Å². The normalized spacial score (nSPS) is 13.3. The van der Waals surface area contributed by atoms with E-state index in [1.54, 1.807) is 0 Å². The fourth-order valence-corrected chi connectivity index (χ4v) is 9.40. The molecule has 0 aliphatic carbocycles. The Kier molecular flexibility index (Phi) is 52.9. The third kappa shape index (κ3) is 48.8. The first-order valence-corrected chi connectivity index (χ1v) is 29.0. The topological polar surface area (TPSA) is 89.8 Å². The minimum atomic E-state index is -1.14. The van der Waals surface area contributed by atoms with Crippen LogP contribution in [0.2, 0.25) is 0 Å². The van der Waals surface area contributed by atoms with Gasteiger partial charge in [0.2, 0.25) is 5.91 Å². The van der Waals surface area contributed by atoms with E-state index in [1.807, 2.05) is 0 Å². The monoisotopic (exact) mass is 890 g/mol. The molecule has 0 saturated carbocycles. The minimum absolute atomic E-state index is 0.141. The number of amides is 1. The van der Waals surface area contributed by atoms with E-state index in [0.717, 1.165) is 32.1 Å². The number of hydrogen-bond donors (Lipinski definition) is 4. The summed E-state index contributed by atoms with van der Waals surface area (Å²) in [4.78, 5) is 12.5. The molecular formula is C58H115NO4. The summed E-state index contributed by atoms with van der Waals surface area (Å²) in [7, 11) is 0. The third-order valence-corrected chi connectivity index (χ3v) is 13.9. The largest absolute Gasteiger partial charge is 0.394 e. The first kappa shape index (κ1) is 62.1. The van der Waals surface area contributed by atoms with Gasteiger partial charge in [-0.3, -0.25) is 4.79 Å². The van der Waals surface area contributed by atoms with Crippen molar-refractivity contribution in [2.75, 3.05) is 6.61 Å². The van der Waals surface area contributed by atoms with E-state index in [9.17, 15) is 20.1 Å². The smallest absolute Gasteiger partial charge is 0.220 e. The van der Waals surface area contributed by atoms with E-state index in [-0.39, 0.29) is 12.5 Å². The van der Waals surface area contributed by atoms with Gasteiger partial charge in [-0.25, -0.2) is 0 Å². The molecule has 3 atom stereocenters. The van der Waals surface area contributed by atoms with Gasteiger partial charge in [0.25, 0.3) is 0 Å². The van der Waals surface area contributed by atoms with Crippen molar-refractivity contribution in [1.29, 1.82) is 0 Å². The van der Waals surface area contributed by atoms with Crippen molar-refractivity contribution in [3.63, 3.8) is 0 Å². The lowest BCUT2D eigenvalue weighted by molar-refractivity contribution is -0.124. The van der Waals surface area contributed by atoms with Crippen LogP contribution in [0.1, 0.15) is 328 Å². The Bertz CT molecular complexity index is 894. The van der Waals surface area contributed by atoms with E-state index in [4.69, 9.17) is 0 Å². The lowest BCUT2D eigenvalue weighted by atomic mass is 9.99. The zero-order chi connectivity index (χ0) is 45.8. The van der Waals surface area contributed by atoms with Crippen LogP contribution in [0.15, 0.2) is 12.2 Å². The van der Waals surface area contributed by atoms with Gasteiger partial charge >= 0.3 is 0 Å². The van der Waals surface area contributed by atoms with Gasteiger partial charge in [0.15, 0.2) is 0 Å². The van der Waals surface area contributed by atoms with Crippen molar-refractivity contribution in [3.05, 3.63) is 12.2 Å². The van der Waals surface area contributed by atoms with Gasteiger partial charge < -0.3 is 20.6 Å². The van der Waals surface area contributed by atoms with Crippen molar-refractivity contribution in [2.24, 2.45) is 0 Å². The summed E-state index contributed by atoms with van der Waals surface area (Å²) in [6.07, 6.45) is 66.5. The van der Waals surface area contributed by atoms with Crippen LogP contribution in [-0.2, 0) is 4.79 Å². The highest BCUT2D eigenvalue weighted by Crippen LogP contribution is 2.18. The number of hydrogen-bond acceptors (Lipinski definition) is 4. The predicted molar refractivity (Wildman–Crippen MR) is 278 cm³/mol. The molecule has 1 amide bonds. The number of carbonyl (C=O) groups is 1. The predicted octanol–water partition coefficient (Wildman–Crippen LogP) is 17.9. The molecule has 0 aromatic rings. The van der Waals surface area contributed by atoms with Crippen molar-refractivity contribution < 1.29 is 20.1 Å². The SMILES string of the molecule is CCCCCCCCCCCCCC/C=C\CCCCCCCCCCCC(=O)NC(CO)C(O)C(O)CCCCCCCCCCCCCCCCCCCCCCCCCC. The fraction of sp³-hybridized carbons (Fsp3) is 0.948. The van der Waals surface area contributed by atoms with Crippen molar-refractivity contribution >= 4 is 5.91 Å². The van der Waals surface area contributed by atoms with Crippen LogP contribution in [0.3, 0.4) is 0 Å². The van der Waals surface area contributed by atoms with E-state index >= 15 is 0 Å². The molecular weight excluding hydrogens is 775 g/mol. The maximum Gasteiger partial charge on any atom is 0.220 e. The first-order chi connectivity index (χ1) is 31.1. The molecule has 63 heavy (non-hydrogen) atoms. The van der Waals surface area contributed by atoms with Gasteiger partial charge in [0, 0.05) is 6.42 Å². The van der Waals surface area contributed by atoms with E-state index in [1.165, 1.54) is 270 Å². The highest BCUT2D eigenvalue weighted by Gasteiger charge is 2.26. The second kappa shape index (κ2) is 53.7. The third-order valence-electron chi connectivity index (χ3n) is 13.9. The van der Waals surface area contributed by atoms with E-state index < -0.39 is 18.2 Å². The number of nitrogens with one attached hydrogen (secondary N) is 1. The number of rotatable bonds is 54. The van der Waals surface area contributed by atoms with Gasteiger partial charge in [0.1, 0.15) is 6.10 Å². The fourth-order valence-electron chi connectivity index (χ4n) is 9.40. The molecule has 0 aliphatic heterocycles. The quantitative estimate of drug-likeness (QED) is 0.0362. The Morgan fingerprint density at radius 3 is 0.921 bits per heavy atom. The zero-order valence-corrected chi connectivity index (χ0v) is 43.0. The van der Waals surface area contributed by atoms with Crippen LogP contribution in [0, 0.1) is 0 Å². The summed E-state index contributed by atoms with van der Waals surface area (Å²) >= 11 is 0. The van der Waals surface area contributed by atoms with Gasteiger partial charge in [0.05, 0.1) is 18.8 Å². The second-order valence-electron chi connectivity index (χ2n) is 20.2. The Labute approximate surface area is 395 Å². The molecule has 5 heteroatoms. The Hall–Kier alpha value is -0.910. The molecule has 376 valence electrons. The standard InChI is InChI=1S/C58H115NO4/c1-3-5-7-9-11-13-15-17-19-21-23-25-27-29-31-33-35-37-39-41-43-45-47-49-51-53-57(62)59-55(54-60)58(63)56(61)52-50-48-46-44-42-40-38-36-34-32-30-28-26-24-22-20-18-16-14-12-10-8-6-4-2/h29,31,55-56,58,60-61,63H,3-28,30,32-54H2,1-2H3,(H,59,62)/b31-29-. The molecule has 3 unspecified atom stereocenters. The van der Waals surface area contributed by atoms with Gasteiger partial charge in [-0.1, -0.05) is 296 Å². The summed E-state index contributed by atoms with van der Waals surface area (Å²) in [5.41, 5.74) is 0. The first-order valence-electron chi connectivity index (χ1n) is 29.0. The molecule has 0 spiro atoms. The molecule has 0 fully saturated rings. The van der Waals surface area contributed by atoms with Crippen LogP contribution in [-0.4, -0.2) is 46.1 Å². The number of aliphatic hydroxyl groups excluding tert-OH is 3. The number of allylic oxidation sites excluding steroid dienone is 2. The minimum Gasteiger partial charge on any atom is -0.394 e. The number of aliphatic hydroxyl groups is 3. The molecule has 0 heterocycles. The Balaban J connectivity index is 3.51. The van der Waals surface area contributed by atoms with Gasteiger partial charge in [-0.2, -0.15) is 0 Å². The molecule has 0 aliphatic rings. The molecule has 0 radical (unpaired) electrons. The van der Waals surface area contributed by atoms with Crippen LogP contribution in [0.4, 0.5) is 0 Å². The summed E-state index contributed by atoms with van der Waals surface area (Å²) < 4.78 is 0. The summed E-state index contributed by atoms with van der Waals surface area (Å²) in [5.74, 6) is -0.141. The molecule has 0 aromatic carbocycles. The highest BCUT2D eigenvalue weighted by molar-refractivity contribution is 5.76. The van der Waals surface area contributed by atoms with Crippen LogP contribution < -0.4 is 5.32 Å². The maximum absolute atomic E-state index is 12.5. The Morgan fingerprint density at radius 1 is 0.381 bits per heavy atom. The van der Waals surface area contributed by atoms with Crippen LogP contribution >= 0.6 is 0 Å². The average Bonchev–Trinajstić information content (AvgIpc) is 3.29. The average molecular weight is 891 g/mol. The van der Waals surface area contributed by atoms with Gasteiger partial charge in [-0.15, -0.1) is 0 Å². The van der Waals surface area contributed by atoms with Crippen LogP contribution in [0.5, 0.6) is 0 Å². The van der Waals surface area contributed by atoms with E-state index in [2.05, 4.69) is 31.3 Å². The lowest BCUT2D eigenvalue weighted by Crippen LogP contribution is -2.50. The molecule has 0 saturated heterocycles. The van der Waals surface area contributed by atoms with Crippen LogP contribution in [0.25, 0.3) is 0 Å². The molecule has 0 rings (SSSR count). The van der Waals surface area contributed by atoms with Gasteiger partial charge in [-0.05, 0) is 38.5 Å². The Morgan fingerprint density at radius 2 is 0.635 bits per heavy atom. The maximum atomic E-state index is 12.5. The van der Waals surface area contributed by atoms with Crippen molar-refractivity contribution in [3.8, 4) is 0 Å². The number of unbranched alkanes of at least 4 members (excludes halogenated alkanes) is 44. The summed E-state index contributed by atoms with van der Waals surface area (Å²) in [6.45, 7) is 4.22. The van der Waals surface area contributed by atoms with Crippen molar-refractivity contribution in [1.82, 2.24) is 5.32 Å². The summed E-state index contributed by atoms with van der Waals surface area (Å²) in [5, 5.41) is 33.8. The molecule has 0 aromatic heterocycles. The second-order valence-corrected chi connectivity index (χ2v) is 20.2.